The normalized spacial score (nSPS) is 14.9. The highest BCUT2D eigenvalue weighted by Gasteiger charge is 2.26. The summed E-state index contributed by atoms with van der Waals surface area (Å²) in [6.45, 7) is 3.54. The van der Waals surface area contributed by atoms with Gasteiger partial charge in [-0.05, 0) is 11.6 Å². The van der Waals surface area contributed by atoms with Gasteiger partial charge in [0.2, 0.25) is 5.82 Å². The standard InChI is InChI=1S/C17H19N5O4/c1-26-17(23)14-9-15(22(24)25)16(19-11-14)21-7-5-20(6-8-21)12-13-3-2-4-18-10-13/h2-4,9-11H,5-8,12H2,1H3. The molecular formula is C17H19N5O4. The number of carbonyl (C=O) groups is 1. The van der Waals surface area contributed by atoms with E-state index in [0.717, 1.165) is 25.2 Å². The number of rotatable bonds is 5. The predicted molar refractivity (Wildman–Crippen MR) is 94.0 cm³/mol. The second-order valence-corrected chi connectivity index (χ2v) is 5.94. The molecule has 0 aromatic carbocycles. The molecule has 1 aliphatic rings. The van der Waals surface area contributed by atoms with Gasteiger partial charge in [-0.1, -0.05) is 6.07 Å². The van der Waals surface area contributed by atoms with E-state index in [0.29, 0.717) is 13.1 Å². The van der Waals surface area contributed by atoms with Crippen molar-refractivity contribution >= 4 is 17.5 Å². The third-order valence-corrected chi connectivity index (χ3v) is 4.27. The van der Waals surface area contributed by atoms with Crippen molar-refractivity contribution in [2.24, 2.45) is 0 Å². The Labute approximate surface area is 150 Å². The van der Waals surface area contributed by atoms with Gasteiger partial charge in [0, 0.05) is 57.4 Å². The fourth-order valence-electron chi connectivity index (χ4n) is 2.92. The molecule has 0 radical (unpaired) electrons. The van der Waals surface area contributed by atoms with E-state index in [9.17, 15) is 14.9 Å². The van der Waals surface area contributed by atoms with Crippen LogP contribution in [0, 0.1) is 10.1 Å². The van der Waals surface area contributed by atoms with Gasteiger partial charge < -0.3 is 9.64 Å². The molecule has 0 amide bonds. The third kappa shape index (κ3) is 3.94. The Morgan fingerprint density at radius 1 is 1.31 bits per heavy atom. The predicted octanol–water partition coefficient (Wildman–Crippen LogP) is 1.49. The molecule has 1 fully saturated rings. The molecule has 3 rings (SSSR count). The Kier molecular flexibility index (Phi) is 5.37. The van der Waals surface area contributed by atoms with Gasteiger partial charge in [-0.3, -0.25) is 20.0 Å². The van der Waals surface area contributed by atoms with Gasteiger partial charge in [-0.2, -0.15) is 0 Å². The lowest BCUT2D eigenvalue weighted by Crippen LogP contribution is -2.46. The smallest absolute Gasteiger partial charge is 0.339 e. The topological polar surface area (TPSA) is 102 Å². The Morgan fingerprint density at radius 3 is 2.69 bits per heavy atom. The van der Waals surface area contributed by atoms with Crippen LogP contribution in [-0.2, 0) is 11.3 Å². The summed E-state index contributed by atoms with van der Waals surface area (Å²) >= 11 is 0. The quantitative estimate of drug-likeness (QED) is 0.451. The van der Waals surface area contributed by atoms with Crippen LogP contribution in [0.25, 0.3) is 0 Å². The summed E-state index contributed by atoms with van der Waals surface area (Å²) in [7, 11) is 1.23. The number of piperazine rings is 1. The molecule has 1 aliphatic heterocycles. The number of carbonyl (C=O) groups excluding carboxylic acids is 1. The number of hydrogen-bond donors (Lipinski definition) is 0. The van der Waals surface area contributed by atoms with E-state index < -0.39 is 10.9 Å². The van der Waals surface area contributed by atoms with E-state index in [4.69, 9.17) is 0 Å². The minimum atomic E-state index is -0.645. The van der Waals surface area contributed by atoms with Gasteiger partial charge in [0.15, 0.2) is 0 Å². The maximum absolute atomic E-state index is 11.6. The van der Waals surface area contributed by atoms with Crippen LogP contribution in [-0.4, -0.2) is 59.0 Å². The summed E-state index contributed by atoms with van der Waals surface area (Å²) in [6.07, 6.45) is 4.89. The molecule has 0 saturated carbocycles. The fourth-order valence-corrected chi connectivity index (χ4v) is 2.92. The third-order valence-electron chi connectivity index (χ3n) is 4.27. The van der Waals surface area contributed by atoms with Crippen molar-refractivity contribution < 1.29 is 14.5 Å². The zero-order valence-corrected chi connectivity index (χ0v) is 14.4. The van der Waals surface area contributed by atoms with Gasteiger partial charge in [0.05, 0.1) is 17.6 Å². The second kappa shape index (κ2) is 7.87. The average Bonchev–Trinajstić information content (AvgIpc) is 2.68. The van der Waals surface area contributed by atoms with Crippen molar-refractivity contribution in [3.8, 4) is 0 Å². The molecule has 9 heteroatoms. The van der Waals surface area contributed by atoms with Crippen LogP contribution in [0.4, 0.5) is 11.5 Å². The van der Waals surface area contributed by atoms with Crippen molar-refractivity contribution in [3.63, 3.8) is 0 Å². The van der Waals surface area contributed by atoms with E-state index in [1.165, 1.54) is 19.4 Å². The Bertz CT molecular complexity index is 791. The molecule has 1 saturated heterocycles. The highest BCUT2D eigenvalue weighted by atomic mass is 16.6. The van der Waals surface area contributed by atoms with Crippen molar-refractivity contribution in [2.75, 3.05) is 38.2 Å². The number of hydrogen-bond acceptors (Lipinski definition) is 8. The molecule has 0 bridgehead atoms. The van der Waals surface area contributed by atoms with E-state index >= 15 is 0 Å². The van der Waals surface area contributed by atoms with Gasteiger partial charge >= 0.3 is 11.7 Å². The zero-order valence-electron chi connectivity index (χ0n) is 14.4. The molecule has 26 heavy (non-hydrogen) atoms. The van der Waals surface area contributed by atoms with Crippen LogP contribution in [0.1, 0.15) is 15.9 Å². The summed E-state index contributed by atoms with van der Waals surface area (Å²) in [4.78, 5) is 34.9. The molecule has 0 N–H and O–H groups in total. The maximum Gasteiger partial charge on any atom is 0.339 e. The minimum Gasteiger partial charge on any atom is -0.465 e. The lowest BCUT2D eigenvalue weighted by Gasteiger charge is -2.35. The largest absolute Gasteiger partial charge is 0.465 e. The number of pyridine rings is 2. The number of aromatic nitrogens is 2. The van der Waals surface area contributed by atoms with E-state index in [1.54, 1.807) is 6.20 Å². The molecule has 3 heterocycles. The van der Waals surface area contributed by atoms with Crippen LogP contribution in [0.3, 0.4) is 0 Å². The van der Waals surface area contributed by atoms with Crippen LogP contribution in [0.5, 0.6) is 0 Å². The molecule has 0 aliphatic carbocycles. The van der Waals surface area contributed by atoms with Crippen LogP contribution >= 0.6 is 0 Å². The number of esters is 1. The van der Waals surface area contributed by atoms with E-state index in [1.807, 2.05) is 23.2 Å². The summed E-state index contributed by atoms with van der Waals surface area (Å²) < 4.78 is 4.60. The van der Waals surface area contributed by atoms with Crippen molar-refractivity contribution in [2.45, 2.75) is 6.54 Å². The van der Waals surface area contributed by atoms with Crippen molar-refractivity contribution in [1.29, 1.82) is 0 Å². The first-order chi connectivity index (χ1) is 12.6. The first kappa shape index (κ1) is 17.7. The van der Waals surface area contributed by atoms with E-state index in [2.05, 4.69) is 19.6 Å². The minimum absolute atomic E-state index is 0.0677. The first-order valence-electron chi connectivity index (χ1n) is 8.17. The average molecular weight is 357 g/mol. The van der Waals surface area contributed by atoms with Crippen LogP contribution < -0.4 is 4.90 Å². The number of nitrogens with zero attached hydrogens (tertiary/aromatic N) is 5. The Hall–Kier alpha value is -3.07. The molecule has 0 spiro atoms. The van der Waals surface area contributed by atoms with Gasteiger partial charge in [0.25, 0.3) is 0 Å². The second-order valence-electron chi connectivity index (χ2n) is 5.94. The van der Waals surface area contributed by atoms with Crippen molar-refractivity contribution in [1.82, 2.24) is 14.9 Å². The summed E-state index contributed by atoms with van der Waals surface area (Å²) in [5.74, 6) is -0.364. The Morgan fingerprint density at radius 2 is 2.08 bits per heavy atom. The van der Waals surface area contributed by atoms with Crippen LogP contribution in [0.2, 0.25) is 0 Å². The molecule has 0 unspecified atom stereocenters. The summed E-state index contributed by atoms with van der Waals surface area (Å²) in [5.41, 5.74) is 1.01. The monoisotopic (exact) mass is 357 g/mol. The highest BCUT2D eigenvalue weighted by Crippen LogP contribution is 2.27. The molecule has 2 aromatic heterocycles. The number of anilines is 1. The number of methoxy groups -OCH3 is 1. The lowest BCUT2D eigenvalue weighted by molar-refractivity contribution is -0.384. The van der Waals surface area contributed by atoms with Crippen molar-refractivity contribution in [3.05, 3.63) is 58.0 Å². The van der Waals surface area contributed by atoms with Gasteiger partial charge in [0.1, 0.15) is 0 Å². The first-order valence-corrected chi connectivity index (χ1v) is 8.17. The lowest BCUT2D eigenvalue weighted by atomic mass is 10.2. The number of nitro groups is 1. The highest BCUT2D eigenvalue weighted by molar-refractivity contribution is 5.90. The molecule has 2 aromatic rings. The number of ether oxygens (including phenoxy) is 1. The van der Waals surface area contributed by atoms with E-state index in [-0.39, 0.29) is 17.1 Å². The SMILES string of the molecule is COC(=O)c1cnc(N2CCN(Cc3cccnc3)CC2)c([N+](=O)[O-])c1. The molecule has 9 nitrogen and oxygen atoms in total. The summed E-state index contributed by atoms with van der Waals surface area (Å²) in [5, 5.41) is 11.4. The molecule has 136 valence electrons. The molecular weight excluding hydrogens is 338 g/mol. The van der Waals surface area contributed by atoms with Gasteiger partial charge in [-0.15, -0.1) is 0 Å². The molecule has 0 atom stereocenters. The maximum atomic E-state index is 11.6. The Balaban J connectivity index is 1.70. The zero-order chi connectivity index (χ0) is 18.5. The summed E-state index contributed by atoms with van der Waals surface area (Å²) in [6, 6.07) is 5.15. The fraction of sp³-hybridized carbons (Fsp3) is 0.353. The van der Waals surface area contributed by atoms with Crippen LogP contribution in [0.15, 0.2) is 36.8 Å². The van der Waals surface area contributed by atoms with Gasteiger partial charge in [-0.25, -0.2) is 9.78 Å².